The Labute approximate surface area is 140 Å². The molecule has 0 amide bonds. The van der Waals surface area contributed by atoms with Gasteiger partial charge in [-0.05, 0) is 38.6 Å². The van der Waals surface area contributed by atoms with Crippen LogP contribution in [0.5, 0.6) is 0 Å². The predicted octanol–water partition coefficient (Wildman–Crippen LogP) is 2.17. The van der Waals surface area contributed by atoms with E-state index in [1.807, 2.05) is 0 Å². The molecule has 0 atom stereocenters. The third-order valence-corrected chi connectivity index (χ3v) is 6.28. The van der Waals surface area contributed by atoms with Gasteiger partial charge in [0.1, 0.15) is 6.33 Å². The molecule has 23 heavy (non-hydrogen) atoms. The minimum Gasteiger partial charge on any atom is -0.314 e. The summed E-state index contributed by atoms with van der Waals surface area (Å²) in [5.41, 5.74) is 0.763. The van der Waals surface area contributed by atoms with E-state index < -0.39 is 10.2 Å². The minimum atomic E-state index is -3.45. The van der Waals surface area contributed by atoms with Gasteiger partial charge in [0.25, 0.3) is 0 Å². The molecular formula is C16H30N4O2S. The third kappa shape index (κ3) is 5.29. The SMILES string of the molecule is CN(C)S(=O)(=O)n1cncc1CCCCCNC1CCCCC1. The zero-order chi connectivity index (χ0) is 16.7. The lowest BCUT2D eigenvalue weighted by Gasteiger charge is -2.22. The number of aryl methyl sites for hydroxylation is 1. The average molecular weight is 343 g/mol. The molecule has 1 aromatic rings. The maximum absolute atomic E-state index is 12.2. The topological polar surface area (TPSA) is 67.2 Å². The van der Waals surface area contributed by atoms with E-state index >= 15 is 0 Å². The van der Waals surface area contributed by atoms with Crippen molar-refractivity contribution >= 4 is 10.2 Å². The highest BCUT2D eigenvalue weighted by Crippen LogP contribution is 2.17. The first kappa shape index (κ1) is 18.4. The zero-order valence-electron chi connectivity index (χ0n) is 14.4. The molecule has 0 bridgehead atoms. The molecule has 1 N–H and O–H groups in total. The Kier molecular flexibility index (Phi) is 7.05. The maximum atomic E-state index is 12.2. The quantitative estimate of drug-likeness (QED) is 0.699. The molecular weight excluding hydrogens is 312 g/mol. The first-order valence-electron chi connectivity index (χ1n) is 8.69. The summed E-state index contributed by atoms with van der Waals surface area (Å²) in [5.74, 6) is 0. The van der Waals surface area contributed by atoms with Crippen LogP contribution in [0.1, 0.15) is 57.1 Å². The zero-order valence-corrected chi connectivity index (χ0v) is 15.2. The van der Waals surface area contributed by atoms with Crippen molar-refractivity contribution in [3.8, 4) is 0 Å². The summed E-state index contributed by atoms with van der Waals surface area (Å²) >= 11 is 0. The van der Waals surface area contributed by atoms with Crippen molar-refractivity contribution in [2.45, 2.75) is 63.8 Å². The number of rotatable bonds is 9. The lowest BCUT2D eigenvalue weighted by atomic mass is 9.95. The van der Waals surface area contributed by atoms with E-state index in [4.69, 9.17) is 0 Å². The Morgan fingerprint density at radius 3 is 2.65 bits per heavy atom. The van der Waals surface area contributed by atoms with E-state index in [1.54, 1.807) is 6.20 Å². The maximum Gasteiger partial charge on any atom is 0.308 e. The number of aromatic nitrogens is 2. The molecule has 0 aromatic carbocycles. The highest BCUT2D eigenvalue weighted by Gasteiger charge is 2.19. The van der Waals surface area contributed by atoms with E-state index in [1.165, 1.54) is 60.8 Å². The molecule has 1 aliphatic rings. The number of hydrogen-bond donors (Lipinski definition) is 1. The van der Waals surface area contributed by atoms with Crippen LogP contribution in [0.2, 0.25) is 0 Å². The summed E-state index contributed by atoms with van der Waals surface area (Å²) in [6.45, 7) is 1.07. The molecule has 0 saturated heterocycles. The van der Waals surface area contributed by atoms with Crippen molar-refractivity contribution in [1.29, 1.82) is 0 Å². The van der Waals surface area contributed by atoms with Crippen LogP contribution in [0.4, 0.5) is 0 Å². The van der Waals surface area contributed by atoms with Crippen LogP contribution in [-0.4, -0.2) is 48.4 Å². The molecule has 1 aromatic heterocycles. The second kappa shape index (κ2) is 8.80. The largest absolute Gasteiger partial charge is 0.314 e. The van der Waals surface area contributed by atoms with Crippen molar-refractivity contribution in [2.24, 2.45) is 0 Å². The van der Waals surface area contributed by atoms with Crippen LogP contribution in [-0.2, 0) is 16.6 Å². The molecule has 132 valence electrons. The monoisotopic (exact) mass is 342 g/mol. The average Bonchev–Trinajstić information content (AvgIpc) is 3.01. The van der Waals surface area contributed by atoms with Gasteiger partial charge in [0.15, 0.2) is 0 Å². The van der Waals surface area contributed by atoms with Gasteiger partial charge < -0.3 is 5.32 Å². The Balaban J connectivity index is 1.68. The molecule has 7 heteroatoms. The van der Waals surface area contributed by atoms with Gasteiger partial charge >= 0.3 is 10.2 Å². The van der Waals surface area contributed by atoms with Crippen molar-refractivity contribution in [1.82, 2.24) is 18.6 Å². The number of nitrogens with one attached hydrogen (secondary N) is 1. The third-order valence-electron chi connectivity index (χ3n) is 4.54. The van der Waals surface area contributed by atoms with Crippen LogP contribution in [0.15, 0.2) is 12.5 Å². The Bertz CT molecular complexity index is 562. The Morgan fingerprint density at radius 2 is 1.96 bits per heavy atom. The van der Waals surface area contributed by atoms with Crippen molar-refractivity contribution in [3.05, 3.63) is 18.2 Å². The fourth-order valence-electron chi connectivity index (χ4n) is 3.09. The number of nitrogens with zero attached hydrogens (tertiary/aromatic N) is 3. The number of unbranched alkanes of at least 4 members (excludes halogenated alkanes) is 2. The van der Waals surface area contributed by atoms with Gasteiger partial charge in [0, 0.05) is 26.3 Å². The van der Waals surface area contributed by atoms with Gasteiger partial charge in [0.2, 0.25) is 0 Å². The lowest BCUT2D eigenvalue weighted by molar-refractivity contribution is 0.370. The van der Waals surface area contributed by atoms with Crippen LogP contribution in [0.25, 0.3) is 0 Å². The summed E-state index contributed by atoms with van der Waals surface area (Å²) < 4.78 is 26.8. The molecule has 2 rings (SSSR count). The first-order valence-corrected chi connectivity index (χ1v) is 10.1. The van der Waals surface area contributed by atoms with Crippen LogP contribution in [0, 0.1) is 0 Å². The van der Waals surface area contributed by atoms with Crippen LogP contribution in [0.3, 0.4) is 0 Å². The van der Waals surface area contributed by atoms with Gasteiger partial charge in [-0.3, -0.25) is 0 Å². The molecule has 0 radical (unpaired) electrons. The van der Waals surface area contributed by atoms with Gasteiger partial charge in [-0.15, -0.1) is 0 Å². The second-order valence-electron chi connectivity index (χ2n) is 6.57. The highest BCUT2D eigenvalue weighted by molar-refractivity contribution is 7.87. The van der Waals surface area contributed by atoms with E-state index in [0.29, 0.717) is 0 Å². The molecule has 0 aliphatic heterocycles. The lowest BCUT2D eigenvalue weighted by Crippen LogP contribution is -2.31. The van der Waals surface area contributed by atoms with Crippen molar-refractivity contribution in [3.63, 3.8) is 0 Å². The van der Waals surface area contributed by atoms with Gasteiger partial charge in [-0.1, -0.05) is 25.7 Å². The fourth-order valence-corrected chi connectivity index (χ4v) is 4.05. The standard InChI is InChI=1S/C16H30N4O2S/c1-19(2)23(21,22)20-14-17-13-16(20)11-7-4-8-12-18-15-9-5-3-6-10-15/h13-15,18H,3-12H2,1-2H3. The Morgan fingerprint density at radius 1 is 1.22 bits per heavy atom. The van der Waals surface area contributed by atoms with E-state index in [9.17, 15) is 8.42 Å². The molecule has 1 fully saturated rings. The molecule has 0 unspecified atom stereocenters. The minimum absolute atomic E-state index is 0.718. The number of hydrogen-bond acceptors (Lipinski definition) is 4. The highest BCUT2D eigenvalue weighted by atomic mass is 32.2. The van der Waals surface area contributed by atoms with E-state index in [2.05, 4.69) is 10.3 Å². The Hall–Kier alpha value is -0.920. The molecule has 1 aliphatic carbocycles. The predicted molar refractivity (Wildman–Crippen MR) is 92.7 cm³/mol. The van der Waals surface area contributed by atoms with Gasteiger partial charge in [-0.2, -0.15) is 12.7 Å². The molecule has 0 spiro atoms. The summed E-state index contributed by atoms with van der Waals surface area (Å²) in [6.07, 6.45) is 13.8. The molecule has 1 heterocycles. The second-order valence-corrected chi connectivity index (χ2v) is 8.59. The first-order chi connectivity index (χ1) is 11.0. The molecule has 6 nitrogen and oxygen atoms in total. The summed E-state index contributed by atoms with van der Waals surface area (Å²) in [7, 11) is -0.375. The summed E-state index contributed by atoms with van der Waals surface area (Å²) in [6, 6.07) is 0.718. The normalized spacial score (nSPS) is 17.0. The summed E-state index contributed by atoms with van der Waals surface area (Å²) in [4.78, 5) is 3.99. The molecule has 1 saturated carbocycles. The van der Waals surface area contributed by atoms with Gasteiger partial charge in [0.05, 0.1) is 5.69 Å². The van der Waals surface area contributed by atoms with E-state index in [0.717, 1.165) is 44.0 Å². The summed E-state index contributed by atoms with van der Waals surface area (Å²) in [5, 5.41) is 3.65. The number of imidazole rings is 1. The van der Waals surface area contributed by atoms with Crippen molar-refractivity contribution in [2.75, 3.05) is 20.6 Å². The smallest absolute Gasteiger partial charge is 0.308 e. The van der Waals surface area contributed by atoms with Crippen LogP contribution < -0.4 is 5.32 Å². The van der Waals surface area contributed by atoms with E-state index in [-0.39, 0.29) is 0 Å². The van der Waals surface area contributed by atoms with Crippen molar-refractivity contribution < 1.29 is 8.42 Å². The van der Waals surface area contributed by atoms with Gasteiger partial charge in [-0.25, -0.2) is 8.96 Å². The van der Waals surface area contributed by atoms with Crippen LogP contribution >= 0.6 is 0 Å². The fraction of sp³-hybridized carbons (Fsp3) is 0.812.